The van der Waals surface area contributed by atoms with E-state index in [1.54, 1.807) is 62.4 Å². The largest absolute Gasteiger partial charge is 0.350 e. The number of nitrogens with zero attached hydrogens (tertiary/aromatic N) is 2. The highest BCUT2D eigenvalue weighted by atomic mass is 35.5. The number of hydrogen-bond donors (Lipinski definition) is 1. The van der Waals surface area contributed by atoms with Gasteiger partial charge in [-0.05, 0) is 89.1 Å². The molecule has 1 N–H and O–H groups in total. The van der Waals surface area contributed by atoms with Crippen molar-refractivity contribution in [2.45, 2.75) is 64.6 Å². The lowest BCUT2D eigenvalue weighted by atomic mass is 10.1. The average Bonchev–Trinajstić information content (AvgIpc) is 2.87. The Bertz CT molecular complexity index is 1540. The molecular weight excluding hydrogens is 605 g/mol. The van der Waals surface area contributed by atoms with E-state index >= 15 is 0 Å². The molecule has 3 rings (SSSR count). The maximum atomic E-state index is 14.1. The van der Waals surface area contributed by atoms with Crippen molar-refractivity contribution in [2.24, 2.45) is 0 Å². The molecule has 3 aromatic carbocycles. The van der Waals surface area contributed by atoms with Crippen LogP contribution in [0.4, 0.5) is 5.69 Å². The van der Waals surface area contributed by atoms with E-state index in [9.17, 15) is 18.0 Å². The van der Waals surface area contributed by atoms with Crippen LogP contribution < -0.4 is 9.62 Å². The summed E-state index contributed by atoms with van der Waals surface area (Å²) in [4.78, 5) is 28.6. The zero-order valence-corrected chi connectivity index (χ0v) is 26.9. The van der Waals surface area contributed by atoms with E-state index in [1.165, 1.54) is 17.0 Å². The summed E-state index contributed by atoms with van der Waals surface area (Å²) < 4.78 is 29.0. The van der Waals surface area contributed by atoms with Crippen molar-refractivity contribution in [3.8, 4) is 0 Å². The molecule has 0 aliphatic heterocycles. The first-order valence-corrected chi connectivity index (χ1v) is 15.5. The Balaban J connectivity index is 2.10. The molecule has 11 heteroatoms. The highest BCUT2D eigenvalue weighted by molar-refractivity contribution is 7.92. The number of rotatable bonds is 9. The van der Waals surface area contributed by atoms with Gasteiger partial charge in [0.2, 0.25) is 11.8 Å². The molecule has 0 radical (unpaired) electrons. The van der Waals surface area contributed by atoms with Crippen LogP contribution in [0.25, 0.3) is 0 Å². The maximum Gasteiger partial charge on any atom is 0.264 e. The normalized spacial score (nSPS) is 12.5. The summed E-state index contributed by atoms with van der Waals surface area (Å²) in [6.07, 6.45) is 0. The topological polar surface area (TPSA) is 86.8 Å². The third kappa shape index (κ3) is 8.16. The number of amides is 2. The lowest BCUT2D eigenvalue weighted by Gasteiger charge is -2.34. The van der Waals surface area contributed by atoms with E-state index < -0.39 is 40.0 Å². The van der Waals surface area contributed by atoms with Crippen LogP contribution in [0.1, 0.15) is 44.4 Å². The standard InChI is InChI=1S/C30H34Cl3N3O4S/c1-19-10-14-24(15-11-19)41(39,40)36(27-9-7-8-25(32)20(27)2)18-28(37)35(21(3)29(38)34-30(4,5)6)17-22-12-13-23(31)16-26(22)33/h7-16,21H,17-18H2,1-6H3,(H,34,38)/t21-/m1/s1. The Labute approximate surface area is 257 Å². The van der Waals surface area contributed by atoms with E-state index in [0.717, 1.165) is 9.87 Å². The molecule has 220 valence electrons. The van der Waals surface area contributed by atoms with Gasteiger partial charge in [0.25, 0.3) is 10.0 Å². The summed E-state index contributed by atoms with van der Waals surface area (Å²) in [7, 11) is -4.22. The highest BCUT2D eigenvalue weighted by Crippen LogP contribution is 2.32. The first-order valence-electron chi connectivity index (χ1n) is 12.9. The smallest absolute Gasteiger partial charge is 0.264 e. The number of sulfonamides is 1. The lowest BCUT2D eigenvalue weighted by molar-refractivity contribution is -0.140. The van der Waals surface area contributed by atoms with E-state index in [1.807, 2.05) is 27.7 Å². The van der Waals surface area contributed by atoms with Gasteiger partial charge in [-0.15, -0.1) is 0 Å². The van der Waals surface area contributed by atoms with Crippen molar-refractivity contribution < 1.29 is 18.0 Å². The molecule has 0 heterocycles. The van der Waals surface area contributed by atoms with E-state index in [-0.39, 0.29) is 17.1 Å². The molecule has 7 nitrogen and oxygen atoms in total. The van der Waals surface area contributed by atoms with Crippen molar-refractivity contribution in [3.63, 3.8) is 0 Å². The van der Waals surface area contributed by atoms with Crippen LogP contribution in [0.3, 0.4) is 0 Å². The summed E-state index contributed by atoms with van der Waals surface area (Å²) in [6, 6.07) is 15.1. The number of aryl methyl sites for hydroxylation is 1. The van der Waals surface area contributed by atoms with Gasteiger partial charge >= 0.3 is 0 Å². The third-order valence-electron chi connectivity index (χ3n) is 6.42. The van der Waals surface area contributed by atoms with Crippen molar-refractivity contribution >= 4 is 62.3 Å². The average molecular weight is 639 g/mol. The molecule has 0 unspecified atom stereocenters. The number of halogens is 3. The second-order valence-corrected chi connectivity index (χ2v) is 14.0. The van der Waals surface area contributed by atoms with Crippen LogP contribution in [0, 0.1) is 13.8 Å². The van der Waals surface area contributed by atoms with Crippen molar-refractivity contribution in [1.82, 2.24) is 10.2 Å². The van der Waals surface area contributed by atoms with Crippen molar-refractivity contribution in [1.29, 1.82) is 0 Å². The minimum Gasteiger partial charge on any atom is -0.350 e. The van der Waals surface area contributed by atoms with Crippen molar-refractivity contribution in [3.05, 3.63) is 92.4 Å². The molecule has 0 spiro atoms. The quantitative estimate of drug-likeness (QED) is 0.280. The lowest BCUT2D eigenvalue weighted by Crippen LogP contribution is -2.54. The van der Waals surface area contributed by atoms with Gasteiger partial charge in [0, 0.05) is 27.2 Å². The predicted octanol–water partition coefficient (Wildman–Crippen LogP) is 6.79. The Hall–Kier alpha value is -2.78. The second kappa shape index (κ2) is 13.0. The molecule has 0 bridgehead atoms. The predicted molar refractivity (Wildman–Crippen MR) is 166 cm³/mol. The van der Waals surface area contributed by atoms with Gasteiger partial charge in [-0.25, -0.2) is 8.42 Å². The first kappa shape index (κ1) is 32.7. The van der Waals surface area contributed by atoms with Crippen LogP contribution in [0.2, 0.25) is 15.1 Å². The number of benzene rings is 3. The van der Waals surface area contributed by atoms with Gasteiger partial charge in [-0.2, -0.15) is 0 Å². The molecular formula is C30H34Cl3N3O4S. The Morgan fingerprint density at radius 3 is 2.15 bits per heavy atom. The van der Waals surface area contributed by atoms with Crippen LogP contribution in [-0.2, 0) is 26.2 Å². The van der Waals surface area contributed by atoms with Crippen molar-refractivity contribution in [2.75, 3.05) is 10.8 Å². The van der Waals surface area contributed by atoms with Crippen LogP contribution in [0.5, 0.6) is 0 Å². The fourth-order valence-electron chi connectivity index (χ4n) is 4.11. The Morgan fingerprint density at radius 2 is 1.56 bits per heavy atom. The number of carbonyl (C=O) groups is 2. The summed E-state index contributed by atoms with van der Waals surface area (Å²) in [5.74, 6) is -1.01. The summed E-state index contributed by atoms with van der Waals surface area (Å²) in [5.41, 5.74) is 1.62. The third-order valence-corrected chi connectivity index (χ3v) is 9.19. The molecule has 0 aromatic heterocycles. The summed E-state index contributed by atoms with van der Waals surface area (Å²) in [5, 5.41) is 3.97. The molecule has 1 atom stereocenters. The molecule has 2 amide bonds. The minimum absolute atomic E-state index is 0.0149. The van der Waals surface area contributed by atoms with Crippen LogP contribution in [-0.4, -0.2) is 43.3 Å². The number of nitrogens with one attached hydrogen (secondary N) is 1. The van der Waals surface area contributed by atoms with Gasteiger partial charge in [-0.1, -0.05) is 64.6 Å². The van der Waals surface area contributed by atoms with Gasteiger partial charge in [0.15, 0.2) is 0 Å². The van der Waals surface area contributed by atoms with Gasteiger partial charge in [-0.3, -0.25) is 13.9 Å². The van der Waals surface area contributed by atoms with Gasteiger partial charge < -0.3 is 10.2 Å². The molecule has 0 saturated carbocycles. The SMILES string of the molecule is Cc1ccc(S(=O)(=O)N(CC(=O)N(Cc2ccc(Cl)cc2Cl)[C@H](C)C(=O)NC(C)(C)C)c2cccc(Cl)c2C)cc1. The first-order chi connectivity index (χ1) is 19.0. The molecule has 41 heavy (non-hydrogen) atoms. The van der Waals surface area contributed by atoms with Gasteiger partial charge in [0.1, 0.15) is 12.6 Å². The minimum atomic E-state index is -4.22. The summed E-state index contributed by atoms with van der Waals surface area (Å²) in [6.45, 7) is 9.97. The fraction of sp³-hybridized carbons (Fsp3) is 0.333. The maximum absolute atomic E-state index is 14.1. The number of hydrogen-bond acceptors (Lipinski definition) is 4. The number of anilines is 1. The van der Waals surface area contributed by atoms with E-state index in [0.29, 0.717) is 26.2 Å². The van der Waals surface area contributed by atoms with Crippen LogP contribution in [0.15, 0.2) is 65.6 Å². The molecule has 0 fully saturated rings. The zero-order chi connectivity index (χ0) is 30.7. The summed E-state index contributed by atoms with van der Waals surface area (Å²) >= 11 is 18.9. The monoisotopic (exact) mass is 637 g/mol. The fourth-order valence-corrected chi connectivity index (χ4v) is 6.22. The van der Waals surface area contributed by atoms with Crippen LogP contribution >= 0.6 is 34.8 Å². The molecule has 3 aromatic rings. The Kier molecular flexibility index (Phi) is 10.4. The molecule has 0 aliphatic carbocycles. The zero-order valence-electron chi connectivity index (χ0n) is 23.8. The van der Waals surface area contributed by atoms with E-state index in [2.05, 4.69) is 5.32 Å². The van der Waals surface area contributed by atoms with E-state index in [4.69, 9.17) is 34.8 Å². The number of carbonyl (C=O) groups excluding carboxylic acids is 2. The molecule has 0 saturated heterocycles. The Morgan fingerprint density at radius 1 is 0.927 bits per heavy atom. The highest BCUT2D eigenvalue weighted by Gasteiger charge is 2.34. The molecule has 0 aliphatic rings. The van der Waals surface area contributed by atoms with Gasteiger partial charge in [0.05, 0.1) is 10.6 Å². The second-order valence-electron chi connectivity index (χ2n) is 10.9.